The van der Waals surface area contributed by atoms with Gasteiger partial charge in [-0.05, 0) is 24.7 Å². The van der Waals surface area contributed by atoms with Crippen molar-refractivity contribution < 1.29 is 19.4 Å². The Kier molecular flexibility index (Phi) is 8.14. The zero-order chi connectivity index (χ0) is 16.4. The van der Waals surface area contributed by atoms with E-state index in [4.69, 9.17) is 9.84 Å². The Balaban J connectivity index is 2.34. The molecule has 1 unspecified atom stereocenters. The Labute approximate surface area is 134 Å². The number of amides is 1. The van der Waals surface area contributed by atoms with Crippen LogP contribution in [0.1, 0.15) is 18.9 Å². The Morgan fingerprint density at radius 3 is 2.64 bits per heavy atom. The molecular weight excluding hydrogens is 302 g/mol. The van der Waals surface area contributed by atoms with Gasteiger partial charge in [-0.1, -0.05) is 35.9 Å². The predicted molar refractivity (Wildman–Crippen MR) is 87.9 cm³/mol. The second kappa shape index (κ2) is 9.89. The summed E-state index contributed by atoms with van der Waals surface area (Å²) in [6.07, 6.45) is 0.104. The molecule has 0 saturated heterocycles. The minimum atomic E-state index is -1.07. The molecule has 1 aromatic carbocycles. The molecule has 120 valence electrons. The summed E-state index contributed by atoms with van der Waals surface area (Å²) in [6.45, 7) is 5.83. The first-order valence-electron chi connectivity index (χ1n) is 6.91. The molecule has 0 radical (unpaired) electrons. The molecule has 0 aliphatic rings. The Morgan fingerprint density at radius 1 is 1.36 bits per heavy atom. The number of nitrogens with one attached hydrogen (secondary N) is 1. The van der Waals surface area contributed by atoms with E-state index in [1.165, 1.54) is 11.8 Å². The van der Waals surface area contributed by atoms with E-state index in [0.717, 1.165) is 23.3 Å². The van der Waals surface area contributed by atoms with Crippen molar-refractivity contribution in [3.05, 3.63) is 48.0 Å². The third-order valence-corrected chi connectivity index (χ3v) is 3.82. The van der Waals surface area contributed by atoms with E-state index in [1.54, 1.807) is 0 Å². The van der Waals surface area contributed by atoms with E-state index >= 15 is 0 Å². The minimum Gasteiger partial charge on any atom is -0.480 e. The fourth-order valence-corrected chi connectivity index (χ4v) is 2.65. The summed E-state index contributed by atoms with van der Waals surface area (Å²) >= 11 is 1.46. The average molecular weight is 323 g/mol. The lowest BCUT2D eigenvalue weighted by Crippen LogP contribution is -2.42. The maximum absolute atomic E-state index is 11.7. The minimum absolute atomic E-state index is 0.113. The van der Waals surface area contributed by atoms with Crippen LogP contribution in [0.2, 0.25) is 0 Å². The fourth-order valence-electron chi connectivity index (χ4n) is 1.53. The smallest absolute Gasteiger partial charge is 0.408 e. The van der Waals surface area contributed by atoms with Crippen LogP contribution in [0.4, 0.5) is 4.79 Å². The summed E-state index contributed by atoms with van der Waals surface area (Å²) in [4.78, 5) is 22.8. The van der Waals surface area contributed by atoms with Crippen molar-refractivity contribution in [2.24, 2.45) is 0 Å². The highest BCUT2D eigenvalue weighted by molar-refractivity contribution is 7.99. The number of thioether (sulfide) groups is 1. The van der Waals surface area contributed by atoms with Crippen molar-refractivity contribution in [1.29, 1.82) is 0 Å². The maximum atomic E-state index is 11.7. The van der Waals surface area contributed by atoms with E-state index < -0.39 is 18.1 Å². The highest BCUT2D eigenvalue weighted by atomic mass is 32.2. The van der Waals surface area contributed by atoms with Gasteiger partial charge in [-0.2, -0.15) is 11.8 Å². The van der Waals surface area contributed by atoms with Crippen LogP contribution in [0, 0.1) is 0 Å². The lowest BCUT2D eigenvalue weighted by molar-refractivity contribution is -0.138. The molecular formula is C16H21NO4S. The molecule has 1 atom stereocenters. The fraction of sp³-hybridized carbons (Fsp3) is 0.375. The molecule has 0 fully saturated rings. The van der Waals surface area contributed by atoms with Crippen molar-refractivity contribution in [2.45, 2.75) is 26.0 Å². The number of carboxylic acids is 1. The summed E-state index contributed by atoms with van der Waals surface area (Å²) in [5.74, 6) is 0.00241. The second-order valence-electron chi connectivity index (χ2n) is 4.88. The van der Waals surface area contributed by atoms with E-state index in [2.05, 4.69) is 11.9 Å². The number of carbonyl (C=O) groups is 2. The Hall–Kier alpha value is -1.95. The standard InChI is InChI=1S/C16H21NO4S/c1-12(2)8-9-22-11-14(15(18)19)17-16(20)21-10-13-6-4-3-5-7-13/h3-7,14H,1,8-11H2,2H3,(H,17,20)(H,18,19). The summed E-state index contributed by atoms with van der Waals surface area (Å²) in [7, 11) is 0. The maximum Gasteiger partial charge on any atom is 0.408 e. The molecule has 0 aromatic heterocycles. The van der Waals surface area contributed by atoms with Gasteiger partial charge >= 0.3 is 12.1 Å². The van der Waals surface area contributed by atoms with Gasteiger partial charge in [0.25, 0.3) is 0 Å². The molecule has 0 spiro atoms. The molecule has 0 saturated carbocycles. The number of hydrogen-bond acceptors (Lipinski definition) is 4. The summed E-state index contributed by atoms with van der Waals surface area (Å²) in [5, 5.41) is 11.5. The van der Waals surface area contributed by atoms with Crippen LogP contribution in [-0.4, -0.2) is 34.7 Å². The number of rotatable bonds is 9. The lowest BCUT2D eigenvalue weighted by atomic mass is 10.2. The number of aliphatic carboxylic acids is 1. The van der Waals surface area contributed by atoms with Gasteiger partial charge in [0.05, 0.1) is 0 Å². The first-order valence-corrected chi connectivity index (χ1v) is 8.06. The van der Waals surface area contributed by atoms with Crippen molar-refractivity contribution in [3.63, 3.8) is 0 Å². The van der Waals surface area contributed by atoms with Gasteiger partial charge in [0.2, 0.25) is 0 Å². The zero-order valence-electron chi connectivity index (χ0n) is 12.6. The van der Waals surface area contributed by atoms with Crippen LogP contribution in [-0.2, 0) is 16.1 Å². The number of benzene rings is 1. The molecule has 2 N–H and O–H groups in total. The number of hydrogen-bond donors (Lipinski definition) is 2. The quantitative estimate of drug-likeness (QED) is 0.539. The van der Waals surface area contributed by atoms with Gasteiger partial charge in [0.1, 0.15) is 12.6 Å². The van der Waals surface area contributed by atoms with E-state index in [1.807, 2.05) is 37.3 Å². The highest BCUT2D eigenvalue weighted by Crippen LogP contribution is 2.09. The first kappa shape index (κ1) is 18.1. The molecule has 0 bridgehead atoms. The van der Waals surface area contributed by atoms with E-state index in [0.29, 0.717) is 5.75 Å². The topological polar surface area (TPSA) is 75.6 Å². The van der Waals surface area contributed by atoms with Crippen LogP contribution in [0.25, 0.3) is 0 Å². The molecule has 1 amide bonds. The largest absolute Gasteiger partial charge is 0.480 e. The van der Waals surface area contributed by atoms with Gasteiger partial charge < -0.3 is 15.2 Å². The van der Waals surface area contributed by atoms with Gasteiger partial charge in [-0.25, -0.2) is 9.59 Å². The van der Waals surface area contributed by atoms with Gasteiger partial charge in [-0.3, -0.25) is 0 Å². The molecule has 5 nitrogen and oxygen atoms in total. The van der Waals surface area contributed by atoms with Crippen LogP contribution < -0.4 is 5.32 Å². The zero-order valence-corrected chi connectivity index (χ0v) is 13.4. The van der Waals surface area contributed by atoms with Crippen molar-refractivity contribution in [2.75, 3.05) is 11.5 Å². The van der Waals surface area contributed by atoms with Crippen LogP contribution in [0.5, 0.6) is 0 Å². The van der Waals surface area contributed by atoms with Gasteiger partial charge in [0.15, 0.2) is 0 Å². The third kappa shape index (κ3) is 7.73. The number of carboxylic acid groups (broad SMARTS) is 1. The Bertz CT molecular complexity index is 504. The summed E-state index contributed by atoms with van der Waals surface area (Å²) in [5.41, 5.74) is 1.90. The molecule has 22 heavy (non-hydrogen) atoms. The van der Waals surface area contributed by atoms with Crippen molar-refractivity contribution >= 4 is 23.8 Å². The van der Waals surface area contributed by atoms with Crippen LogP contribution >= 0.6 is 11.8 Å². The first-order chi connectivity index (χ1) is 10.5. The molecule has 1 aromatic rings. The molecule has 6 heteroatoms. The predicted octanol–water partition coefficient (Wildman–Crippen LogP) is 3.07. The number of allylic oxidation sites excluding steroid dienone is 1. The number of alkyl carbamates (subject to hydrolysis) is 1. The van der Waals surface area contributed by atoms with E-state index in [-0.39, 0.29) is 6.61 Å². The molecule has 1 rings (SSSR count). The van der Waals surface area contributed by atoms with Gasteiger partial charge in [-0.15, -0.1) is 6.58 Å². The van der Waals surface area contributed by atoms with E-state index in [9.17, 15) is 9.59 Å². The highest BCUT2D eigenvalue weighted by Gasteiger charge is 2.20. The average Bonchev–Trinajstić information content (AvgIpc) is 2.48. The third-order valence-electron chi connectivity index (χ3n) is 2.76. The molecule has 0 aliphatic carbocycles. The summed E-state index contributed by atoms with van der Waals surface area (Å²) in [6, 6.07) is 8.25. The monoisotopic (exact) mass is 323 g/mol. The lowest BCUT2D eigenvalue weighted by Gasteiger charge is -2.14. The van der Waals surface area contributed by atoms with Gasteiger partial charge in [0, 0.05) is 5.75 Å². The second-order valence-corrected chi connectivity index (χ2v) is 6.03. The number of ether oxygens (including phenoxy) is 1. The van der Waals surface area contributed by atoms with Crippen LogP contribution in [0.3, 0.4) is 0 Å². The van der Waals surface area contributed by atoms with Crippen molar-refractivity contribution in [1.82, 2.24) is 5.32 Å². The van der Waals surface area contributed by atoms with Crippen LogP contribution in [0.15, 0.2) is 42.5 Å². The van der Waals surface area contributed by atoms with Crippen molar-refractivity contribution in [3.8, 4) is 0 Å². The summed E-state index contributed by atoms with van der Waals surface area (Å²) < 4.78 is 5.02. The molecule has 0 heterocycles. The molecule has 0 aliphatic heterocycles. The number of carbonyl (C=O) groups excluding carboxylic acids is 1. The normalized spacial score (nSPS) is 11.5. The Morgan fingerprint density at radius 2 is 2.05 bits per heavy atom. The SMILES string of the molecule is C=C(C)CCSCC(NC(=O)OCc1ccccc1)C(=O)O.